The molecule has 2 aliphatic rings. The molecule has 21 heavy (non-hydrogen) atoms. The van der Waals surface area contributed by atoms with Gasteiger partial charge in [0.25, 0.3) is 5.91 Å². The Morgan fingerprint density at radius 3 is 2.71 bits per heavy atom. The van der Waals surface area contributed by atoms with E-state index in [9.17, 15) is 4.79 Å². The highest BCUT2D eigenvalue weighted by Crippen LogP contribution is 2.49. The van der Waals surface area contributed by atoms with Crippen molar-refractivity contribution < 1.29 is 9.53 Å². The van der Waals surface area contributed by atoms with Crippen LogP contribution in [-0.4, -0.2) is 18.6 Å². The van der Waals surface area contributed by atoms with Crippen molar-refractivity contribution in [3.8, 4) is 5.75 Å². The van der Waals surface area contributed by atoms with Crippen LogP contribution in [0.15, 0.2) is 24.3 Å². The summed E-state index contributed by atoms with van der Waals surface area (Å²) in [6, 6.07) is 7.31. The minimum atomic E-state index is -0.0415. The molecule has 3 nitrogen and oxygen atoms in total. The number of halogens is 1. The molecule has 0 radical (unpaired) electrons. The van der Waals surface area contributed by atoms with E-state index in [1.165, 1.54) is 25.7 Å². The van der Waals surface area contributed by atoms with Gasteiger partial charge in [-0.25, -0.2) is 0 Å². The van der Waals surface area contributed by atoms with Crippen LogP contribution in [-0.2, 0) is 4.79 Å². The largest absolute Gasteiger partial charge is 0.484 e. The van der Waals surface area contributed by atoms with Crippen LogP contribution >= 0.6 is 11.6 Å². The van der Waals surface area contributed by atoms with Gasteiger partial charge < -0.3 is 10.1 Å². The van der Waals surface area contributed by atoms with Gasteiger partial charge in [-0.3, -0.25) is 4.79 Å². The highest BCUT2D eigenvalue weighted by Gasteiger charge is 2.42. The maximum absolute atomic E-state index is 12.0. The summed E-state index contributed by atoms with van der Waals surface area (Å²) in [6.45, 7) is 2.19. The molecule has 0 saturated heterocycles. The standard InChI is InChI=1S/C17H22ClNO2/c1-11(16-9-12-2-3-13(16)8-12)19-17(20)10-21-15-6-4-14(18)5-7-15/h4-7,11-13,16H,2-3,8-10H2,1H3,(H,19,20)/t11-,12+,13+,16-/m0/s1. The van der Waals surface area contributed by atoms with Crippen LogP contribution in [0.5, 0.6) is 5.75 Å². The monoisotopic (exact) mass is 307 g/mol. The van der Waals surface area contributed by atoms with Crippen molar-refractivity contribution in [2.75, 3.05) is 6.61 Å². The van der Waals surface area contributed by atoms with Crippen LogP contribution in [0.2, 0.25) is 5.02 Å². The van der Waals surface area contributed by atoms with E-state index < -0.39 is 0 Å². The molecule has 0 heterocycles. The molecule has 3 rings (SSSR count). The number of benzene rings is 1. The fraction of sp³-hybridized carbons (Fsp3) is 0.588. The summed E-state index contributed by atoms with van der Waals surface area (Å²) in [6.07, 6.45) is 5.38. The smallest absolute Gasteiger partial charge is 0.258 e. The van der Waals surface area contributed by atoms with Crippen LogP contribution in [0.25, 0.3) is 0 Å². The molecule has 0 aromatic heterocycles. The minimum absolute atomic E-state index is 0.0415. The summed E-state index contributed by atoms with van der Waals surface area (Å²) in [4.78, 5) is 12.0. The SMILES string of the molecule is C[C@H](NC(=O)COc1ccc(Cl)cc1)[C@@H]1C[C@@H]2CC[C@@H]1C2. The van der Waals surface area contributed by atoms with E-state index in [2.05, 4.69) is 12.2 Å². The normalized spacial score (nSPS) is 28.4. The van der Waals surface area contributed by atoms with Gasteiger partial charge >= 0.3 is 0 Å². The molecule has 0 unspecified atom stereocenters. The maximum atomic E-state index is 12.0. The molecule has 114 valence electrons. The highest BCUT2D eigenvalue weighted by atomic mass is 35.5. The summed E-state index contributed by atoms with van der Waals surface area (Å²) >= 11 is 5.81. The average molecular weight is 308 g/mol. The number of carbonyl (C=O) groups is 1. The predicted octanol–water partition coefficient (Wildman–Crippen LogP) is 3.66. The van der Waals surface area contributed by atoms with Gasteiger partial charge in [0, 0.05) is 11.1 Å². The van der Waals surface area contributed by atoms with Crippen molar-refractivity contribution in [1.82, 2.24) is 5.32 Å². The van der Waals surface area contributed by atoms with Crippen molar-refractivity contribution in [3.05, 3.63) is 29.3 Å². The molecular weight excluding hydrogens is 286 g/mol. The molecule has 4 atom stereocenters. The molecule has 0 aliphatic heterocycles. The van der Waals surface area contributed by atoms with Gasteiger partial charge in [0.15, 0.2) is 6.61 Å². The zero-order chi connectivity index (χ0) is 14.8. The Kier molecular flexibility index (Phi) is 4.39. The molecule has 1 aromatic carbocycles. The maximum Gasteiger partial charge on any atom is 0.258 e. The number of carbonyl (C=O) groups excluding carboxylic acids is 1. The molecule has 2 saturated carbocycles. The summed E-state index contributed by atoms with van der Waals surface area (Å²) in [5.74, 6) is 3.01. The predicted molar refractivity (Wildman–Crippen MR) is 83.5 cm³/mol. The van der Waals surface area contributed by atoms with E-state index in [4.69, 9.17) is 16.3 Å². The Bertz CT molecular complexity index is 502. The topological polar surface area (TPSA) is 38.3 Å². The second-order valence-corrected chi connectivity index (χ2v) is 6.87. The van der Waals surface area contributed by atoms with E-state index in [1.807, 2.05) is 0 Å². The van der Waals surface area contributed by atoms with Crippen molar-refractivity contribution >= 4 is 17.5 Å². The van der Waals surface area contributed by atoms with Crippen LogP contribution in [0.1, 0.15) is 32.6 Å². The van der Waals surface area contributed by atoms with Gasteiger partial charge in [0.1, 0.15) is 5.75 Å². The fourth-order valence-electron chi connectivity index (χ4n) is 3.99. The van der Waals surface area contributed by atoms with Crippen molar-refractivity contribution in [2.45, 2.75) is 38.6 Å². The first kappa shape index (κ1) is 14.7. The molecule has 2 bridgehead atoms. The van der Waals surface area contributed by atoms with E-state index in [1.54, 1.807) is 24.3 Å². The molecule has 4 heteroatoms. The molecular formula is C17H22ClNO2. The molecule has 1 N–H and O–H groups in total. The van der Waals surface area contributed by atoms with Gasteiger partial charge in [-0.1, -0.05) is 18.0 Å². The second-order valence-electron chi connectivity index (χ2n) is 6.44. The third-order valence-corrected chi connectivity index (χ3v) is 5.26. The average Bonchev–Trinajstić information content (AvgIpc) is 3.09. The molecule has 0 spiro atoms. The zero-order valence-corrected chi connectivity index (χ0v) is 13.1. The van der Waals surface area contributed by atoms with Crippen LogP contribution < -0.4 is 10.1 Å². The number of nitrogens with one attached hydrogen (secondary N) is 1. The van der Waals surface area contributed by atoms with Crippen molar-refractivity contribution in [3.63, 3.8) is 0 Å². The Morgan fingerprint density at radius 1 is 1.33 bits per heavy atom. The molecule has 2 fully saturated rings. The summed E-state index contributed by atoms with van der Waals surface area (Å²) in [7, 11) is 0. The first-order valence-corrected chi connectivity index (χ1v) is 8.17. The van der Waals surface area contributed by atoms with Gasteiger partial charge in [0.05, 0.1) is 0 Å². The van der Waals surface area contributed by atoms with E-state index in [0.717, 1.165) is 11.8 Å². The number of ether oxygens (including phenoxy) is 1. The lowest BCUT2D eigenvalue weighted by Gasteiger charge is -2.28. The van der Waals surface area contributed by atoms with E-state index >= 15 is 0 Å². The molecule has 1 amide bonds. The number of hydrogen-bond acceptors (Lipinski definition) is 2. The Hall–Kier alpha value is -1.22. The van der Waals surface area contributed by atoms with Crippen molar-refractivity contribution in [1.29, 1.82) is 0 Å². The minimum Gasteiger partial charge on any atom is -0.484 e. The number of rotatable bonds is 5. The second kappa shape index (κ2) is 6.27. The third-order valence-electron chi connectivity index (χ3n) is 5.01. The van der Waals surface area contributed by atoms with Gasteiger partial charge in [0.2, 0.25) is 0 Å². The number of fused-ring (bicyclic) bond motifs is 2. The summed E-state index contributed by atoms with van der Waals surface area (Å²) in [5.41, 5.74) is 0. The quantitative estimate of drug-likeness (QED) is 0.901. The number of amides is 1. The van der Waals surface area contributed by atoms with Gasteiger partial charge in [-0.2, -0.15) is 0 Å². The summed E-state index contributed by atoms with van der Waals surface area (Å²) < 4.78 is 5.48. The Labute approximate surface area is 131 Å². The molecule has 1 aromatic rings. The first-order valence-electron chi connectivity index (χ1n) is 7.79. The number of hydrogen-bond donors (Lipinski definition) is 1. The van der Waals surface area contributed by atoms with Gasteiger partial charge in [-0.15, -0.1) is 0 Å². The lowest BCUT2D eigenvalue weighted by atomic mass is 9.84. The molecule has 2 aliphatic carbocycles. The zero-order valence-electron chi connectivity index (χ0n) is 12.3. The van der Waals surface area contributed by atoms with Crippen LogP contribution in [0, 0.1) is 17.8 Å². The Balaban J connectivity index is 1.44. The van der Waals surface area contributed by atoms with Gasteiger partial charge in [-0.05, 0) is 68.2 Å². The van der Waals surface area contributed by atoms with E-state index in [-0.39, 0.29) is 18.6 Å². The van der Waals surface area contributed by atoms with E-state index in [0.29, 0.717) is 16.7 Å². The fourth-order valence-corrected chi connectivity index (χ4v) is 4.11. The highest BCUT2D eigenvalue weighted by molar-refractivity contribution is 6.30. The lowest BCUT2D eigenvalue weighted by Crippen LogP contribution is -2.42. The summed E-state index contributed by atoms with van der Waals surface area (Å²) in [5, 5.41) is 3.76. The lowest BCUT2D eigenvalue weighted by molar-refractivity contribution is -0.124. The van der Waals surface area contributed by atoms with Crippen LogP contribution in [0.3, 0.4) is 0 Å². The van der Waals surface area contributed by atoms with Crippen LogP contribution in [0.4, 0.5) is 0 Å². The first-order chi connectivity index (χ1) is 10.1. The third kappa shape index (κ3) is 3.52. The van der Waals surface area contributed by atoms with Crippen molar-refractivity contribution in [2.24, 2.45) is 17.8 Å². The Morgan fingerprint density at radius 2 is 2.10 bits per heavy atom.